The average Bonchev–Trinajstić information content (AvgIpc) is 2.82. The maximum atomic E-state index is 12.8. The van der Waals surface area contributed by atoms with Gasteiger partial charge in [0.05, 0.1) is 30.3 Å². The number of fused-ring (bicyclic) bond motifs is 7. The molecule has 5 rings (SSSR count). The molecule has 204 valence electrons. The number of rotatable bonds is 3. The fraction of sp³-hybridized carbons (Fsp3) is 0.900. The number of aliphatic hydroxyl groups excluding tert-OH is 3. The first-order chi connectivity index (χ1) is 16.7. The van der Waals surface area contributed by atoms with Gasteiger partial charge < -0.3 is 25.5 Å². The molecule has 5 N–H and O–H groups in total. The Kier molecular flexibility index (Phi) is 5.95. The van der Waals surface area contributed by atoms with E-state index in [4.69, 9.17) is 0 Å². The fourth-order valence-electron chi connectivity index (χ4n) is 11.0. The Morgan fingerprint density at radius 1 is 0.944 bits per heavy atom. The van der Waals surface area contributed by atoms with Crippen LogP contribution in [0.25, 0.3) is 0 Å². The summed E-state index contributed by atoms with van der Waals surface area (Å²) < 4.78 is 0. The van der Waals surface area contributed by atoms with Gasteiger partial charge in [0.1, 0.15) is 0 Å². The third kappa shape index (κ3) is 2.91. The Balaban J connectivity index is 1.64. The summed E-state index contributed by atoms with van der Waals surface area (Å²) in [6, 6.07) is 0. The molecule has 4 fully saturated rings. The van der Waals surface area contributed by atoms with Gasteiger partial charge in [-0.25, -0.2) is 0 Å². The van der Waals surface area contributed by atoms with E-state index >= 15 is 0 Å². The third-order valence-corrected chi connectivity index (χ3v) is 13.7. The summed E-state index contributed by atoms with van der Waals surface area (Å²) in [5.74, 6) is -0.796. The number of carboxylic acid groups (broad SMARTS) is 1. The van der Waals surface area contributed by atoms with Gasteiger partial charge in [0.2, 0.25) is 0 Å². The van der Waals surface area contributed by atoms with Gasteiger partial charge in [0, 0.05) is 11.3 Å². The predicted molar refractivity (Wildman–Crippen MR) is 137 cm³/mol. The molecule has 0 radical (unpaired) electrons. The van der Waals surface area contributed by atoms with Gasteiger partial charge in [-0.3, -0.25) is 4.79 Å². The van der Waals surface area contributed by atoms with Crippen molar-refractivity contribution < 1.29 is 30.3 Å². The van der Waals surface area contributed by atoms with Gasteiger partial charge in [-0.05, 0) is 98.7 Å². The molecule has 4 saturated carbocycles. The maximum absolute atomic E-state index is 12.8. The fourth-order valence-corrected chi connectivity index (χ4v) is 11.0. The van der Waals surface area contributed by atoms with E-state index in [1.165, 1.54) is 5.57 Å². The highest BCUT2D eigenvalue weighted by atomic mass is 16.4. The molecular weight excluding hydrogens is 456 g/mol. The first-order valence-electron chi connectivity index (χ1n) is 14.3. The van der Waals surface area contributed by atoms with Gasteiger partial charge in [0.25, 0.3) is 0 Å². The molecule has 5 aliphatic carbocycles. The minimum atomic E-state index is -1.08. The molecule has 1 unspecified atom stereocenters. The van der Waals surface area contributed by atoms with Crippen molar-refractivity contribution in [3.8, 4) is 0 Å². The van der Waals surface area contributed by atoms with Crippen molar-refractivity contribution in [2.45, 2.75) is 104 Å². The zero-order valence-electron chi connectivity index (χ0n) is 22.9. The molecule has 0 bridgehead atoms. The smallest absolute Gasteiger partial charge is 0.310 e. The highest BCUT2D eigenvalue weighted by molar-refractivity contribution is 5.77. The van der Waals surface area contributed by atoms with Crippen LogP contribution >= 0.6 is 0 Å². The van der Waals surface area contributed by atoms with Crippen LogP contribution in [0.1, 0.15) is 92.4 Å². The Morgan fingerprint density at radius 3 is 2.22 bits per heavy atom. The number of carboxylic acids is 1. The topological polar surface area (TPSA) is 118 Å². The largest absolute Gasteiger partial charge is 0.481 e. The van der Waals surface area contributed by atoms with Crippen molar-refractivity contribution in [2.24, 2.45) is 50.7 Å². The van der Waals surface area contributed by atoms with E-state index in [1.54, 1.807) is 0 Å². The van der Waals surface area contributed by atoms with Crippen LogP contribution in [-0.4, -0.2) is 56.4 Å². The van der Waals surface area contributed by atoms with E-state index < -0.39 is 34.4 Å². The van der Waals surface area contributed by atoms with Crippen molar-refractivity contribution in [1.82, 2.24) is 0 Å². The molecular formula is C30H48O6. The summed E-state index contributed by atoms with van der Waals surface area (Å²) in [7, 11) is 0. The molecule has 10 atom stereocenters. The monoisotopic (exact) mass is 504 g/mol. The first kappa shape index (κ1) is 26.6. The Hall–Kier alpha value is -0.950. The van der Waals surface area contributed by atoms with Gasteiger partial charge in [-0.2, -0.15) is 0 Å². The van der Waals surface area contributed by atoms with Crippen molar-refractivity contribution in [2.75, 3.05) is 13.2 Å². The van der Waals surface area contributed by atoms with Crippen LogP contribution in [-0.2, 0) is 4.79 Å². The Bertz CT molecular complexity index is 953. The minimum absolute atomic E-state index is 0.0277. The zero-order chi connectivity index (χ0) is 26.5. The second kappa shape index (κ2) is 8.03. The van der Waals surface area contributed by atoms with Crippen LogP contribution in [0.2, 0.25) is 0 Å². The van der Waals surface area contributed by atoms with Crippen LogP contribution in [0.15, 0.2) is 11.6 Å². The van der Waals surface area contributed by atoms with E-state index in [0.717, 1.165) is 38.5 Å². The van der Waals surface area contributed by atoms with Crippen molar-refractivity contribution in [3.63, 3.8) is 0 Å². The molecule has 0 spiro atoms. The third-order valence-electron chi connectivity index (χ3n) is 13.7. The van der Waals surface area contributed by atoms with Crippen molar-refractivity contribution in [1.29, 1.82) is 0 Å². The molecule has 6 nitrogen and oxygen atoms in total. The van der Waals surface area contributed by atoms with Crippen LogP contribution in [0.3, 0.4) is 0 Å². The molecule has 36 heavy (non-hydrogen) atoms. The van der Waals surface area contributed by atoms with E-state index in [-0.39, 0.29) is 41.3 Å². The molecule has 5 aliphatic rings. The summed E-state index contributed by atoms with van der Waals surface area (Å²) >= 11 is 0. The zero-order valence-corrected chi connectivity index (χ0v) is 22.9. The van der Waals surface area contributed by atoms with Gasteiger partial charge in [-0.1, -0.05) is 39.3 Å². The molecule has 0 aromatic rings. The van der Waals surface area contributed by atoms with Crippen LogP contribution in [0.5, 0.6) is 0 Å². The molecule has 0 aliphatic heterocycles. The second-order valence-corrected chi connectivity index (χ2v) is 14.5. The molecule has 0 saturated heterocycles. The summed E-state index contributed by atoms with van der Waals surface area (Å²) in [6.07, 6.45) is 8.31. The quantitative estimate of drug-likeness (QED) is 0.369. The number of hydrogen-bond donors (Lipinski definition) is 5. The summed E-state index contributed by atoms with van der Waals surface area (Å²) in [4.78, 5) is 12.8. The van der Waals surface area contributed by atoms with E-state index in [1.807, 2.05) is 6.92 Å². The van der Waals surface area contributed by atoms with Gasteiger partial charge in [-0.15, -0.1) is 0 Å². The van der Waals surface area contributed by atoms with Crippen molar-refractivity contribution >= 4 is 5.97 Å². The number of aliphatic carboxylic acids is 1. The van der Waals surface area contributed by atoms with E-state index in [9.17, 15) is 30.3 Å². The lowest BCUT2D eigenvalue weighted by Crippen LogP contribution is -2.68. The Labute approximate surface area is 216 Å². The highest BCUT2D eigenvalue weighted by Crippen LogP contribution is 2.76. The van der Waals surface area contributed by atoms with Crippen LogP contribution in [0, 0.1) is 50.7 Å². The van der Waals surface area contributed by atoms with Gasteiger partial charge in [0.15, 0.2) is 0 Å². The lowest BCUT2D eigenvalue weighted by Gasteiger charge is -2.72. The standard InChI is InChI=1S/C30H48O6/c1-18-8-13-29(24(34)35)15-14-26(3)19(23(29)28(18,5)36)6-7-20-25(2)11-10-22(33)30(16-31,17-32)21(25)9-12-27(20,26)4/h6,18,20-23,31-33,36H,7-17H2,1-5H3,(H,34,35)/t18-,20-,21?,22+,23-,25-,26-,27-,28-,29+/m1/s1. The van der Waals surface area contributed by atoms with Crippen LogP contribution < -0.4 is 0 Å². The molecule has 0 heterocycles. The van der Waals surface area contributed by atoms with E-state index in [2.05, 4.69) is 33.8 Å². The minimum Gasteiger partial charge on any atom is -0.481 e. The second-order valence-electron chi connectivity index (χ2n) is 14.5. The number of carbonyl (C=O) groups is 1. The highest BCUT2D eigenvalue weighted by Gasteiger charge is 2.72. The Morgan fingerprint density at radius 2 is 1.61 bits per heavy atom. The average molecular weight is 505 g/mol. The lowest BCUT2D eigenvalue weighted by atomic mass is 9.33. The summed E-state index contributed by atoms with van der Waals surface area (Å²) in [5, 5.41) is 54.3. The molecule has 0 aromatic heterocycles. The normalized spacial score (nSPS) is 53.8. The SMILES string of the molecule is C[C@@H]1CC[C@]2(C(=O)O)CC[C@]3(C)C(=CC[C@@H]4[C@@]5(C)CC[C@H](O)C(CO)(CO)C5CC[C@]43C)[C@@H]2[C@]1(C)O. The number of aliphatic hydroxyl groups is 4. The molecule has 0 aromatic carbocycles. The van der Waals surface area contributed by atoms with Crippen LogP contribution in [0.4, 0.5) is 0 Å². The summed E-state index contributed by atoms with van der Waals surface area (Å²) in [5.41, 5.74) is -2.18. The number of hydrogen-bond acceptors (Lipinski definition) is 5. The van der Waals surface area contributed by atoms with Crippen molar-refractivity contribution in [3.05, 3.63) is 11.6 Å². The van der Waals surface area contributed by atoms with Gasteiger partial charge >= 0.3 is 5.97 Å². The summed E-state index contributed by atoms with van der Waals surface area (Å²) in [6.45, 7) is 10.6. The van der Waals surface area contributed by atoms with E-state index in [0.29, 0.717) is 25.2 Å². The maximum Gasteiger partial charge on any atom is 0.310 e. The molecule has 6 heteroatoms. The lowest BCUT2D eigenvalue weighted by molar-refractivity contribution is -0.235. The first-order valence-corrected chi connectivity index (χ1v) is 14.3. The predicted octanol–water partition coefficient (Wildman–Crippen LogP) is 4.15. The molecule has 0 amide bonds. The number of allylic oxidation sites excluding steroid dienone is 1.